The van der Waals surface area contributed by atoms with E-state index >= 15 is 0 Å². The molecular formula is C12H18Cl2N2O. The van der Waals surface area contributed by atoms with Gasteiger partial charge in [0.05, 0.1) is 6.10 Å². The molecule has 0 saturated carbocycles. The van der Waals surface area contributed by atoms with Crippen LogP contribution in [-0.4, -0.2) is 19.3 Å². The fraction of sp³-hybridized carbons (Fsp3) is 0.500. The molecule has 5 heteroatoms. The fourth-order valence-electron chi connectivity index (χ4n) is 1.66. The van der Waals surface area contributed by atoms with E-state index in [-0.39, 0.29) is 12.1 Å². The third-order valence-corrected chi connectivity index (χ3v) is 3.32. The molecule has 0 saturated heterocycles. The van der Waals surface area contributed by atoms with Gasteiger partial charge >= 0.3 is 0 Å². The molecule has 2 atom stereocenters. The van der Waals surface area contributed by atoms with Gasteiger partial charge in [0, 0.05) is 23.2 Å². The highest BCUT2D eigenvalue weighted by Crippen LogP contribution is 2.22. The van der Waals surface area contributed by atoms with Crippen LogP contribution in [0.15, 0.2) is 18.2 Å². The SMILES string of the molecule is COC(C)CC(Cc1ccc(Cl)cc1Cl)NN. The molecule has 1 aromatic carbocycles. The van der Waals surface area contributed by atoms with Gasteiger partial charge in [0.15, 0.2) is 0 Å². The Balaban J connectivity index is 2.67. The summed E-state index contributed by atoms with van der Waals surface area (Å²) in [4.78, 5) is 0. The summed E-state index contributed by atoms with van der Waals surface area (Å²) in [5.41, 5.74) is 3.82. The lowest BCUT2D eigenvalue weighted by Gasteiger charge is -2.20. The van der Waals surface area contributed by atoms with Gasteiger partial charge in [-0.3, -0.25) is 11.3 Å². The van der Waals surface area contributed by atoms with Crippen LogP contribution >= 0.6 is 23.2 Å². The lowest BCUT2D eigenvalue weighted by molar-refractivity contribution is 0.100. The predicted octanol–water partition coefficient (Wildman–Crippen LogP) is 2.79. The van der Waals surface area contributed by atoms with Crippen molar-refractivity contribution in [1.29, 1.82) is 0 Å². The van der Waals surface area contributed by atoms with Crippen molar-refractivity contribution >= 4 is 23.2 Å². The van der Waals surface area contributed by atoms with Crippen molar-refractivity contribution in [1.82, 2.24) is 5.43 Å². The van der Waals surface area contributed by atoms with Gasteiger partial charge in [0.2, 0.25) is 0 Å². The van der Waals surface area contributed by atoms with Gasteiger partial charge in [-0.25, -0.2) is 0 Å². The largest absolute Gasteiger partial charge is 0.382 e. The molecular weight excluding hydrogens is 259 g/mol. The van der Waals surface area contributed by atoms with Gasteiger partial charge in [-0.2, -0.15) is 0 Å². The van der Waals surface area contributed by atoms with E-state index in [0.717, 1.165) is 18.4 Å². The monoisotopic (exact) mass is 276 g/mol. The molecule has 0 radical (unpaired) electrons. The maximum absolute atomic E-state index is 6.12. The Kier molecular flexibility index (Phi) is 6.23. The van der Waals surface area contributed by atoms with Crippen LogP contribution in [0.1, 0.15) is 18.9 Å². The molecule has 1 rings (SSSR count). The highest BCUT2D eigenvalue weighted by Gasteiger charge is 2.13. The van der Waals surface area contributed by atoms with Crippen LogP contribution in [0.3, 0.4) is 0 Å². The van der Waals surface area contributed by atoms with Gasteiger partial charge in [0.1, 0.15) is 0 Å². The topological polar surface area (TPSA) is 47.3 Å². The summed E-state index contributed by atoms with van der Waals surface area (Å²) < 4.78 is 5.22. The van der Waals surface area contributed by atoms with Crippen LogP contribution in [0.5, 0.6) is 0 Å². The standard InChI is InChI=1S/C12H18Cl2N2O/c1-8(17-2)5-11(16-15)6-9-3-4-10(13)7-12(9)14/h3-4,7-8,11,16H,5-6,15H2,1-2H3. The van der Waals surface area contributed by atoms with E-state index in [2.05, 4.69) is 5.43 Å². The fourth-order valence-corrected chi connectivity index (χ4v) is 2.15. The van der Waals surface area contributed by atoms with Crippen LogP contribution in [0.2, 0.25) is 10.0 Å². The maximum Gasteiger partial charge on any atom is 0.0558 e. The average molecular weight is 277 g/mol. The lowest BCUT2D eigenvalue weighted by atomic mass is 10.0. The minimum absolute atomic E-state index is 0.128. The molecule has 17 heavy (non-hydrogen) atoms. The number of nitrogens with two attached hydrogens (primary N) is 1. The zero-order valence-electron chi connectivity index (χ0n) is 10.0. The summed E-state index contributed by atoms with van der Waals surface area (Å²) in [5.74, 6) is 5.53. The number of rotatable bonds is 6. The molecule has 3 N–H and O–H groups in total. The van der Waals surface area contributed by atoms with Crippen molar-refractivity contribution in [3.63, 3.8) is 0 Å². The number of hydrogen-bond donors (Lipinski definition) is 2. The third kappa shape index (κ3) is 4.82. The Morgan fingerprint density at radius 1 is 1.41 bits per heavy atom. The highest BCUT2D eigenvalue weighted by molar-refractivity contribution is 6.35. The van der Waals surface area contributed by atoms with Crippen molar-refractivity contribution in [2.24, 2.45) is 5.84 Å². The molecule has 0 amide bonds. The third-order valence-electron chi connectivity index (χ3n) is 2.74. The zero-order valence-corrected chi connectivity index (χ0v) is 11.6. The zero-order chi connectivity index (χ0) is 12.8. The molecule has 0 spiro atoms. The van der Waals surface area contributed by atoms with Gasteiger partial charge in [-0.1, -0.05) is 29.3 Å². The molecule has 0 aromatic heterocycles. The van der Waals surface area contributed by atoms with E-state index in [1.807, 2.05) is 19.1 Å². The number of hydrogen-bond acceptors (Lipinski definition) is 3. The minimum atomic E-state index is 0.128. The van der Waals surface area contributed by atoms with Crippen LogP contribution in [0.4, 0.5) is 0 Å². The molecule has 0 aliphatic heterocycles. The van der Waals surface area contributed by atoms with Crippen molar-refractivity contribution in [2.45, 2.75) is 31.9 Å². The molecule has 96 valence electrons. The molecule has 3 nitrogen and oxygen atoms in total. The number of benzene rings is 1. The molecule has 0 bridgehead atoms. The normalized spacial score (nSPS) is 14.6. The van der Waals surface area contributed by atoms with Crippen molar-refractivity contribution < 1.29 is 4.74 Å². The Morgan fingerprint density at radius 3 is 2.65 bits per heavy atom. The summed E-state index contributed by atoms with van der Waals surface area (Å²) in [7, 11) is 1.69. The quantitative estimate of drug-likeness (QED) is 0.621. The molecule has 1 aromatic rings. The summed E-state index contributed by atoms with van der Waals surface area (Å²) >= 11 is 12.0. The highest BCUT2D eigenvalue weighted by atomic mass is 35.5. The maximum atomic E-state index is 6.12. The summed E-state index contributed by atoms with van der Waals surface area (Å²) in [5, 5.41) is 1.31. The van der Waals surface area contributed by atoms with E-state index in [1.54, 1.807) is 13.2 Å². The molecule has 0 fully saturated rings. The van der Waals surface area contributed by atoms with Gasteiger partial charge in [0.25, 0.3) is 0 Å². The minimum Gasteiger partial charge on any atom is -0.382 e. The number of halogens is 2. The summed E-state index contributed by atoms with van der Waals surface area (Å²) in [6.45, 7) is 2.01. The first-order chi connectivity index (χ1) is 8.06. The second-order valence-corrected chi connectivity index (χ2v) is 4.93. The Bertz CT molecular complexity index is 360. The van der Waals surface area contributed by atoms with Gasteiger partial charge in [-0.05, 0) is 37.5 Å². The van der Waals surface area contributed by atoms with Crippen LogP contribution in [0, 0.1) is 0 Å². The van der Waals surface area contributed by atoms with Gasteiger partial charge < -0.3 is 4.74 Å². The van der Waals surface area contributed by atoms with Crippen LogP contribution in [0.25, 0.3) is 0 Å². The molecule has 0 aliphatic rings. The first-order valence-electron chi connectivity index (χ1n) is 5.49. The molecule has 2 unspecified atom stereocenters. The van der Waals surface area contributed by atoms with E-state index in [9.17, 15) is 0 Å². The van der Waals surface area contributed by atoms with Crippen molar-refractivity contribution in [3.8, 4) is 0 Å². The Labute approximate surface area is 112 Å². The van der Waals surface area contributed by atoms with Crippen molar-refractivity contribution in [3.05, 3.63) is 33.8 Å². The number of ether oxygens (including phenoxy) is 1. The molecule has 0 aliphatic carbocycles. The predicted molar refractivity (Wildman–Crippen MR) is 72.4 cm³/mol. The van der Waals surface area contributed by atoms with Crippen LogP contribution in [-0.2, 0) is 11.2 Å². The first-order valence-corrected chi connectivity index (χ1v) is 6.25. The number of hydrazine groups is 1. The van der Waals surface area contributed by atoms with Crippen molar-refractivity contribution in [2.75, 3.05) is 7.11 Å². The lowest BCUT2D eigenvalue weighted by Crippen LogP contribution is -2.39. The number of methoxy groups -OCH3 is 1. The average Bonchev–Trinajstić information content (AvgIpc) is 2.31. The number of nitrogens with one attached hydrogen (secondary N) is 1. The van der Waals surface area contributed by atoms with Gasteiger partial charge in [-0.15, -0.1) is 0 Å². The van der Waals surface area contributed by atoms with Crippen LogP contribution < -0.4 is 11.3 Å². The summed E-state index contributed by atoms with van der Waals surface area (Å²) in [6, 6.07) is 5.62. The molecule has 0 heterocycles. The van der Waals surface area contributed by atoms with E-state index in [1.165, 1.54) is 0 Å². The summed E-state index contributed by atoms with van der Waals surface area (Å²) in [6.07, 6.45) is 1.73. The second-order valence-electron chi connectivity index (χ2n) is 4.09. The van der Waals surface area contributed by atoms with E-state index in [4.69, 9.17) is 33.8 Å². The Morgan fingerprint density at radius 2 is 2.12 bits per heavy atom. The van der Waals surface area contributed by atoms with E-state index < -0.39 is 0 Å². The second kappa shape index (κ2) is 7.19. The smallest absolute Gasteiger partial charge is 0.0558 e. The first kappa shape index (κ1) is 14.7. The Hall–Kier alpha value is -0.320. The van der Waals surface area contributed by atoms with E-state index in [0.29, 0.717) is 10.0 Å².